The molecule has 10 heteroatoms. The van der Waals surface area contributed by atoms with Gasteiger partial charge in [0.15, 0.2) is 17.2 Å². The van der Waals surface area contributed by atoms with Gasteiger partial charge in [-0.1, -0.05) is 0 Å². The van der Waals surface area contributed by atoms with E-state index in [-0.39, 0.29) is 18.5 Å². The summed E-state index contributed by atoms with van der Waals surface area (Å²) in [6, 6.07) is 5.76. The first-order valence-electron chi connectivity index (χ1n) is 10.3. The fraction of sp³-hybridized carbons (Fsp3) is 0.409. The van der Waals surface area contributed by atoms with Crippen molar-refractivity contribution in [3.63, 3.8) is 0 Å². The number of hydrogen-bond donors (Lipinski definition) is 3. The Balaban J connectivity index is 1.60. The molecule has 170 valence electrons. The highest BCUT2D eigenvalue weighted by Gasteiger charge is 2.28. The first kappa shape index (κ1) is 22.0. The van der Waals surface area contributed by atoms with E-state index in [4.69, 9.17) is 9.57 Å². The van der Waals surface area contributed by atoms with Crippen LogP contribution in [0.1, 0.15) is 51.8 Å². The van der Waals surface area contributed by atoms with Gasteiger partial charge in [0.05, 0.1) is 23.4 Å². The van der Waals surface area contributed by atoms with E-state index >= 15 is 0 Å². The summed E-state index contributed by atoms with van der Waals surface area (Å²) < 4.78 is 21.4. The van der Waals surface area contributed by atoms with Crippen LogP contribution in [-0.4, -0.2) is 43.5 Å². The Morgan fingerprint density at radius 3 is 2.81 bits per heavy atom. The maximum atomic E-state index is 14.0. The van der Waals surface area contributed by atoms with Crippen molar-refractivity contribution in [2.45, 2.75) is 52.0 Å². The second-order valence-corrected chi connectivity index (χ2v) is 8.90. The molecule has 1 aliphatic rings. The van der Waals surface area contributed by atoms with Crippen LogP contribution in [0, 0.1) is 5.82 Å². The van der Waals surface area contributed by atoms with E-state index in [9.17, 15) is 9.50 Å². The van der Waals surface area contributed by atoms with Crippen molar-refractivity contribution in [1.29, 1.82) is 0 Å². The molecule has 1 aromatic carbocycles. The average Bonchev–Trinajstić information content (AvgIpc) is 3.28. The molecule has 2 aromatic heterocycles. The van der Waals surface area contributed by atoms with Crippen molar-refractivity contribution in [3.05, 3.63) is 53.6 Å². The van der Waals surface area contributed by atoms with Gasteiger partial charge in [-0.3, -0.25) is 0 Å². The summed E-state index contributed by atoms with van der Waals surface area (Å²) in [7, 11) is 0. The zero-order valence-electron chi connectivity index (χ0n) is 18.7. The summed E-state index contributed by atoms with van der Waals surface area (Å²) in [5.74, 6) is 1.24. The lowest BCUT2D eigenvalue weighted by Crippen LogP contribution is -2.28. The minimum Gasteiger partial charge on any atom is -0.490 e. The number of amidine groups is 1. The van der Waals surface area contributed by atoms with Crippen LogP contribution in [0.5, 0.6) is 5.75 Å². The number of ether oxygens (including phenoxy) is 1. The first-order valence-corrected chi connectivity index (χ1v) is 10.3. The third-order valence-corrected chi connectivity index (χ3v) is 4.79. The van der Waals surface area contributed by atoms with E-state index in [1.165, 1.54) is 12.1 Å². The van der Waals surface area contributed by atoms with Gasteiger partial charge in [-0.2, -0.15) is 5.10 Å². The van der Waals surface area contributed by atoms with Crippen LogP contribution in [-0.2, 0) is 4.84 Å². The van der Waals surface area contributed by atoms with Crippen molar-refractivity contribution in [2.75, 3.05) is 11.9 Å². The smallest absolute Gasteiger partial charge is 0.182 e. The molecule has 1 aliphatic heterocycles. The summed E-state index contributed by atoms with van der Waals surface area (Å²) in [6.07, 6.45) is 3.45. The van der Waals surface area contributed by atoms with Crippen molar-refractivity contribution < 1.29 is 19.1 Å². The van der Waals surface area contributed by atoms with Crippen molar-refractivity contribution in [3.8, 4) is 5.75 Å². The number of aliphatic hydroxyl groups is 1. The Bertz CT molecular complexity index is 1170. The van der Waals surface area contributed by atoms with Crippen LogP contribution in [0.4, 0.5) is 10.2 Å². The first-order chi connectivity index (χ1) is 15.0. The average molecular weight is 442 g/mol. The zero-order valence-corrected chi connectivity index (χ0v) is 18.7. The fourth-order valence-corrected chi connectivity index (χ4v) is 3.26. The van der Waals surface area contributed by atoms with Crippen molar-refractivity contribution in [1.82, 2.24) is 20.1 Å². The zero-order chi connectivity index (χ0) is 23.1. The number of benzene rings is 1. The van der Waals surface area contributed by atoms with Crippen LogP contribution in [0.25, 0.3) is 5.65 Å². The minimum absolute atomic E-state index is 0.0786. The highest BCUT2D eigenvalue weighted by molar-refractivity contribution is 6.03. The second kappa shape index (κ2) is 8.03. The molecular formula is C22H27FN6O3. The molecule has 1 atom stereocenters. The lowest BCUT2D eigenvalue weighted by molar-refractivity contribution is -0.0269. The molecule has 4 rings (SSSR count). The number of anilines is 1. The number of hydrogen-bond acceptors (Lipinski definition) is 8. The summed E-state index contributed by atoms with van der Waals surface area (Å²) in [4.78, 5) is 14.6. The molecule has 32 heavy (non-hydrogen) atoms. The van der Waals surface area contributed by atoms with Crippen molar-refractivity contribution >= 4 is 17.3 Å². The van der Waals surface area contributed by atoms with Gasteiger partial charge >= 0.3 is 0 Å². The number of aliphatic imine (C=N–C) groups is 1. The van der Waals surface area contributed by atoms with Gasteiger partial charge in [0.2, 0.25) is 0 Å². The molecule has 3 heterocycles. The maximum Gasteiger partial charge on any atom is 0.182 e. The summed E-state index contributed by atoms with van der Waals surface area (Å²) in [6.45, 7) is 8.95. The monoisotopic (exact) mass is 442 g/mol. The Hall–Kier alpha value is -3.24. The molecule has 0 bridgehead atoms. The lowest BCUT2D eigenvalue weighted by Gasteiger charge is -2.22. The van der Waals surface area contributed by atoms with Gasteiger partial charge in [0.25, 0.3) is 0 Å². The third kappa shape index (κ3) is 4.81. The van der Waals surface area contributed by atoms with Gasteiger partial charge in [0, 0.05) is 11.8 Å². The summed E-state index contributed by atoms with van der Waals surface area (Å²) in [5, 5.41) is 17.6. The lowest BCUT2D eigenvalue weighted by atomic mass is 10.1. The van der Waals surface area contributed by atoms with E-state index in [1.807, 2.05) is 20.8 Å². The standard InChI is InChI=1S/C22H27FN6O3/c1-13(15-10-14(23)6-7-17(15)31-12-21(2,3)30)25-18-8-9-29-20(26-18)16(11-24-29)19-27-22(4,5)32-28-19/h6-11,13,30H,12H2,1-5H3,(H,25,26)(H,27,28)/t13-/m1/s1. The Morgan fingerprint density at radius 2 is 2.12 bits per heavy atom. The quantitative estimate of drug-likeness (QED) is 0.516. The second-order valence-electron chi connectivity index (χ2n) is 8.90. The van der Waals surface area contributed by atoms with E-state index in [0.717, 1.165) is 0 Å². The predicted molar refractivity (Wildman–Crippen MR) is 118 cm³/mol. The molecule has 0 saturated heterocycles. The van der Waals surface area contributed by atoms with Gasteiger partial charge in [-0.05, 0) is 58.9 Å². The van der Waals surface area contributed by atoms with Gasteiger partial charge in [0.1, 0.15) is 24.0 Å². The Morgan fingerprint density at radius 1 is 1.34 bits per heavy atom. The van der Waals surface area contributed by atoms with E-state index in [2.05, 4.69) is 25.9 Å². The third-order valence-electron chi connectivity index (χ3n) is 4.79. The number of hydroxylamine groups is 1. The van der Waals surface area contributed by atoms with Crippen LogP contribution >= 0.6 is 0 Å². The van der Waals surface area contributed by atoms with Crippen LogP contribution in [0.2, 0.25) is 0 Å². The fourth-order valence-electron chi connectivity index (χ4n) is 3.26. The molecule has 3 aromatic rings. The molecule has 0 radical (unpaired) electrons. The number of nitrogens with zero attached hydrogens (tertiary/aromatic N) is 4. The minimum atomic E-state index is -1.01. The molecule has 0 fully saturated rings. The normalized spacial score (nSPS) is 16.5. The number of aromatic nitrogens is 3. The Kier molecular flexibility index (Phi) is 5.51. The molecule has 0 amide bonds. The van der Waals surface area contributed by atoms with Crippen molar-refractivity contribution in [2.24, 2.45) is 4.99 Å². The molecular weight excluding hydrogens is 415 g/mol. The molecule has 0 spiro atoms. The molecule has 0 aliphatic carbocycles. The highest BCUT2D eigenvalue weighted by atomic mass is 19.1. The SMILES string of the molecule is C[C@@H](Nc1ccn2ncc(C3=NC(C)(C)ON3)c2n1)c1cc(F)ccc1OCC(C)(C)O. The molecule has 9 nitrogen and oxygen atoms in total. The predicted octanol–water partition coefficient (Wildman–Crippen LogP) is 3.21. The number of halogens is 1. The van der Waals surface area contributed by atoms with Gasteiger partial charge in [-0.25, -0.2) is 29.2 Å². The largest absolute Gasteiger partial charge is 0.490 e. The molecule has 0 unspecified atom stereocenters. The molecule has 0 saturated carbocycles. The van der Waals surface area contributed by atoms with Crippen LogP contribution in [0.15, 0.2) is 41.7 Å². The molecule has 3 N–H and O–H groups in total. The maximum absolute atomic E-state index is 14.0. The number of nitrogens with one attached hydrogen (secondary N) is 2. The summed E-state index contributed by atoms with van der Waals surface area (Å²) >= 11 is 0. The van der Waals surface area contributed by atoms with E-state index in [1.54, 1.807) is 42.9 Å². The van der Waals surface area contributed by atoms with Gasteiger partial charge < -0.3 is 15.2 Å². The Labute approximate surface area is 185 Å². The topological polar surface area (TPSA) is 105 Å². The van der Waals surface area contributed by atoms with Crippen LogP contribution in [0.3, 0.4) is 0 Å². The van der Waals surface area contributed by atoms with Gasteiger partial charge in [-0.15, -0.1) is 0 Å². The number of fused-ring (bicyclic) bond motifs is 1. The number of rotatable bonds is 7. The van der Waals surface area contributed by atoms with E-state index < -0.39 is 11.3 Å². The van der Waals surface area contributed by atoms with E-state index in [0.29, 0.717) is 34.2 Å². The highest BCUT2D eigenvalue weighted by Crippen LogP contribution is 2.29. The van der Waals surface area contributed by atoms with Crippen LogP contribution < -0.4 is 15.5 Å². The summed E-state index contributed by atoms with van der Waals surface area (Å²) in [5.41, 5.74) is 3.04.